The molecule has 2 aromatic rings. The van der Waals surface area contributed by atoms with Crippen molar-refractivity contribution in [2.45, 2.75) is 51.9 Å². The van der Waals surface area contributed by atoms with Crippen LogP contribution in [0.1, 0.15) is 67.4 Å². The Kier molecular flexibility index (Phi) is 5.62. The van der Waals surface area contributed by atoms with Crippen molar-refractivity contribution in [2.24, 2.45) is 5.41 Å². The second-order valence-corrected chi connectivity index (χ2v) is 8.30. The molecule has 1 aromatic carbocycles. The van der Waals surface area contributed by atoms with Crippen LogP contribution in [0.25, 0.3) is 0 Å². The second kappa shape index (κ2) is 7.73. The third-order valence-electron chi connectivity index (χ3n) is 4.61. The standard InChI is InChI=1S/C20H21F4N3O3/c1-19(2,3)16(11-6-7-14(12(21)8-11)30-20(22,23)24)27-18(29)13-9-15(28)26-17(25-13)10-4-5-10/h6-10,16H,4-5H2,1-3H3,(H,27,29)(H,25,26,28)/t16-/m0/s1. The molecule has 1 heterocycles. The largest absolute Gasteiger partial charge is 0.573 e. The predicted molar refractivity (Wildman–Crippen MR) is 99.6 cm³/mol. The molecule has 10 heteroatoms. The summed E-state index contributed by atoms with van der Waals surface area (Å²) < 4.78 is 55.0. The summed E-state index contributed by atoms with van der Waals surface area (Å²) in [5, 5.41) is 2.71. The number of amides is 1. The van der Waals surface area contributed by atoms with Crippen molar-refractivity contribution in [3.63, 3.8) is 0 Å². The van der Waals surface area contributed by atoms with Gasteiger partial charge in [-0.3, -0.25) is 9.59 Å². The first-order valence-electron chi connectivity index (χ1n) is 9.31. The molecule has 6 nitrogen and oxygen atoms in total. The van der Waals surface area contributed by atoms with Gasteiger partial charge in [0.2, 0.25) is 0 Å². The van der Waals surface area contributed by atoms with Gasteiger partial charge in [-0.05, 0) is 36.0 Å². The van der Waals surface area contributed by atoms with Crippen LogP contribution in [0, 0.1) is 11.2 Å². The summed E-state index contributed by atoms with van der Waals surface area (Å²) in [5.74, 6) is -2.24. The van der Waals surface area contributed by atoms with Gasteiger partial charge in [0.1, 0.15) is 11.5 Å². The lowest BCUT2D eigenvalue weighted by atomic mass is 9.82. The van der Waals surface area contributed by atoms with E-state index in [1.165, 1.54) is 6.07 Å². The highest BCUT2D eigenvalue weighted by Gasteiger charge is 2.34. The van der Waals surface area contributed by atoms with Crippen molar-refractivity contribution in [1.82, 2.24) is 15.3 Å². The van der Waals surface area contributed by atoms with Gasteiger partial charge in [-0.2, -0.15) is 0 Å². The van der Waals surface area contributed by atoms with E-state index < -0.39 is 40.9 Å². The van der Waals surface area contributed by atoms with Crippen LogP contribution >= 0.6 is 0 Å². The van der Waals surface area contributed by atoms with Gasteiger partial charge >= 0.3 is 6.36 Å². The zero-order valence-corrected chi connectivity index (χ0v) is 16.6. The average molecular weight is 427 g/mol. The number of rotatable bonds is 5. The lowest BCUT2D eigenvalue weighted by molar-refractivity contribution is -0.275. The quantitative estimate of drug-likeness (QED) is 0.701. The van der Waals surface area contributed by atoms with Gasteiger partial charge in [0.15, 0.2) is 11.6 Å². The highest BCUT2D eigenvalue weighted by Crippen LogP contribution is 2.38. The van der Waals surface area contributed by atoms with E-state index in [0.29, 0.717) is 5.82 Å². The lowest BCUT2D eigenvalue weighted by Crippen LogP contribution is -2.37. The van der Waals surface area contributed by atoms with Crippen molar-refractivity contribution in [2.75, 3.05) is 0 Å². The molecule has 0 bridgehead atoms. The number of carbonyl (C=O) groups excluding carboxylic acids is 1. The van der Waals surface area contributed by atoms with E-state index >= 15 is 0 Å². The van der Waals surface area contributed by atoms with Crippen LogP contribution < -0.4 is 15.6 Å². The number of nitrogens with one attached hydrogen (secondary N) is 2. The minimum atomic E-state index is -5.02. The molecule has 0 unspecified atom stereocenters. The van der Waals surface area contributed by atoms with Gasteiger partial charge in [0.25, 0.3) is 11.5 Å². The summed E-state index contributed by atoms with van der Waals surface area (Å²) in [6.45, 7) is 5.32. The second-order valence-electron chi connectivity index (χ2n) is 8.30. The molecule has 30 heavy (non-hydrogen) atoms. The van der Waals surface area contributed by atoms with Gasteiger partial charge in [-0.25, -0.2) is 9.37 Å². The Hall–Kier alpha value is -2.91. The molecule has 0 radical (unpaired) electrons. The fourth-order valence-electron chi connectivity index (χ4n) is 3.05. The molecule has 0 aliphatic heterocycles. The summed E-state index contributed by atoms with van der Waals surface area (Å²) in [6, 6.07) is 3.30. The van der Waals surface area contributed by atoms with Crippen molar-refractivity contribution < 1.29 is 27.1 Å². The molecule has 1 aliphatic rings. The molecule has 1 saturated carbocycles. The molecule has 0 spiro atoms. The number of H-pyrrole nitrogens is 1. The highest BCUT2D eigenvalue weighted by atomic mass is 19.4. The van der Waals surface area contributed by atoms with Crippen molar-refractivity contribution in [1.29, 1.82) is 0 Å². The number of nitrogens with zero attached hydrogens (tertiary/aromatic N) is 1. The smallest absolute Gasteiger partial charge is 0.403 e. The van der Waals surface area contributed by atoms with Gasteiger partial charge in [-0.1, -0.05) is 26.8 Å². The molecule has 1 aromatic heterocycles. The van der Waals surface area contributed by atoms with Gasteiger partial charge < -0.3 is 15.0 Å². The maximum Gasteiger partial charge on any atom is 0.573 e. The van der Waals surface area contributed by atoms with Gasteiger partial charge in [-0.15, -0.1) is 13.2 Å². The number of alkyl halides is 3. The van der Waals surface area contributed by atoms with E-state index in [1.54, 1.807) is 20.8 Å². The molecule has 1 aliphatic carbocycles. The van der Waals surface area contributed by atoms with Crippen LogP contribution in [0.3, 0.4) is 0 Å². The molecule has 1 amide bonds. The Bertz CT molecular complexity index is 1010. The minimum Gasteiger partial charge on any atom is -0.403 e. The van der Waals surface area contributed by atoms with Crippen molar-refractivity contribution in [3.05, 3.63) is 57.5 Å². The number of aromatic amines is 1. The zero-order valence-electron chi connectivity index (χ0n) is 16.6. The maximum absolute atomic E-state index is 14.2. The first-order chi connectivity index (χ1) is 13.8. The number of hydrogen-bond acceptors (Lipinski definition) is 4. The fourth-order valence-corrected chi connectivity index (χ4v) is 3.05. The Morgan fingerprint density at radius 1 is 1.23 bits per heavy atom. The summed E-state index contributed by atoms with van der Waals surface area (Å²) in [7, 11) is 0. The summed E-state index contributed by atoms with van der Waals surface area (Å²) in [5.41, 5.74) is -0.916. The van der Waals surface area contributed by atoms with E-state index in [4.69, 9.17) is 0 Å². The average Bonchev–Trinajstić information content (AvgIpc) is 3.44. The normalized spacial score (nSPS) is 15.6. The summed E-state index contributed by atoms with van der Waals surface area (Å²) >= 11 is 0. The first kappa shape index (κ1) is 21.8. The SMILES string of the molecule is CC(C)(C)[C@@H](NC(=O)c1cc(=O)[nH]c(C2CC2)n1)c1ccc(OC(F)(F)F)c(F)c1. The van der Waals surface area contributed by atoms with Gasteiger partial charge in [0.05, 0.1) is 6.04 Å². The topological polar surface area (TPSA) is 84.1 Å². The first-order valence-corrected chi connectivity index (χ1v) is 9.31. The number of aromatic nitrogens is 2. The van der Waals surface area contributed by atoms with Crippen LogP contribution in [-0.4, -0.2) is 22.2 Å². The monoisotopic (exact) mass is 427 g/mol. The third kappa shape index (κ3) is 5.37. The lowest BCUT2D eigenvalue weighted by Gasteiger charge is -2.32. The zero-order chi connectivity index (χ0) is 22.3. The van der Waals surface area contributed by atoms with Crippen LogP contribution in [0.2, 0.25) is 0 Å². The number of halogens is 4. The molecule has 1 atom stereocenters. The van der Waals surface area contributed by atoms with E-state index in [-0.39, 0.29) is 17.2 Å². The Balaban J connectivity index is 1.88. The summed E-state index contributed by atoms with van der Waals surface area (Å²) in [6.07, 6.45) is -3.26. The number of carbonyl (C=O) groups is 1. The van der Waals surface area contributed by atoms with Crippen LogP contribution in [-0.2, 0) is 0 Å². The molecule has 2 N–H and O–H groups in total. The minimum absolute atomic E-state index is 0.0765. The third-order valence-corrected chi connectivity index (χ3v) is 4.61. The van der Waals surface area contributed by atoms with E-state index in [0.717, 1.165) is 31.0 Å². The summed E-state index contributed by atoms with van der Waals surface area (Å²) in [4.78, 5) is 31.5. The van der Waals surface area contributed by atoms with Crippen molar-refractivity contribution in [3.8, 4) is 5.75 Å². The fraction of sp³-hybridized carbons (Fsp3) is 0.450. The molecule has 3 rings (SSSR count). The number of hydrogen-bond donors (Lipinski definition) is 2. The Labute approximate surface area is 169 Å². The van der Waals surface area contributed by atoms with E-state index in [9.17, 15) is 27.2 Å². The molecular formula is C20H21F4N3O3. The molecular weight excluding hydrogens is 406 g/mol. The Morgan fingerprint density at radius 2 is 1.90 bits per heavy atom. The molecule has 162 valence electrons. The molecule has 1 fully saturated rings. The molecule has 0 saturated heterocycles. The van der Waals surface area contributed by atoms with Crippen LogP contribution in [0.15, 0.2) is 29.1 Å². The maximum atomic E-state index is 14.2. The van der Waals surface area contributed by atoms with E-state index in [2.05, 4.69) is 20.0 Å². The van der Waals surface area contributed by atoms with Gasteiger partial charge in [0, 0.05) is 12.0 Å². The predicted octanol–water partition coefficient (Wildman–Crippen LogP) is 4.20. The van der Waals surface area contributed by atoms with Crippen molar-refractivity contribution >= 4 is 5.91 Å². The van der Waals surface area contributed by atoms with Crippen LogP contribution in [0.5, 0.6) is 5.75 Å². The number of benzene rings is 1. The number of ether oxygens (including phenoxy) is 1. The highest BCUT2D eigenvalue weighted by molar-refractivity contribution is 5.92. The Morgan fingerprint density at radius 3 is 2.43 bits per heavy atom. The van der Waals surface area contributed by atoms with Crippen LogP contribution in [0.4, 0.5) is 17.6 Å². The van der Waals surface area contributed by atoms with E-state index in [1.807, 2.05) is 0 Å².